The Kier molecular flexibility index (Phi) is 5.56. The minimum Gasteiger partial charge on any atom is -0.332 e. The second-order valence-corrected chi connectivity index (χ2v) is 7.19. The van der Waals surface area contributed by atoms with Gasteiger partial charge in [-0.1, -0.05) is 6.07 Å². The Labute approximate surface area is 186 Å². The minimum absolute atomic E-state index is 0.0196. The highest BCUT2D eigenvalue weighted by Gasteiger charge is 2.18. The third kappa shape index (κ3) is 4.27. The van der Waals surface area contributed by atoms with E-state index in [0.717, 1.165) is 0 Å². The summed E-state index contributed by atoms with van der Waals surface area (Å²) in [5.74, 6) is -0.917. The molecule has 32 heavy (non-hydrogen) atoms. The Balaban J connectivity index is 1.49. The first-order valence-corrected chi connectivity index (χ1v) is 9.72. The van der Waals surface area contributed by atoms with Crippen LogP contribution in [0.1, 0.15) is 15.9 Å². The van der Waals surface area contributed by atoms with E-state index in [1.54, 1.807) is 30.3 Å². The van der Waals surface area contributed by atoms with E-state index in [0.29, 0.717) is 22.4 Å². The van der Waals surface area contributed by atoms with Crippen LogP contribution in [0.4, 0.5) is 15.8 Å². The molecular weight excluding hydrogens is 435 g/mol. The summed E-state index contributed by atoms with van der Waals surface area (Å²) in [6.45, 7) is 1.50. The fraction of sp³-hybridized carbons (Fsp3) is 0.0476. The average Bonchev–Trinajstić information content (AvgIpc) is 3.17. The Morgan fingerprint density at radius 2 is 1.81 bits per heavy atom. The zero-order valence-corrected chi connectivity index (χ0v) is 17.4. The zero-order valence-electron chi connectivity index (χ0n) is 16.6. The lowest BCUT2D eigenvalue weighted by atomic mass is 10.1. The Hall–Kier alpha value is -4.25. The highest BCUT2D eigenvalue weighted by molar-refractivity contribution is 7.80. The molecule has 160 valence electrons. The summed E-state index contributed by atoms with van der Waals surface area (Å²) in [6, 6.07) is 15.2. The molecule has 1 heterocycles. The quantitative estimate of drug-likeness (QED) is 0.275. The van der Waals surface area contributed by atoms with Crippen molar-refractivity contribution in [1.29, 1.82) is 0 Å². The van der Waals surface area contributed by atoms with Gasteiger partial charge in [-0.25, -0.2) is 4.39 Å². The number of carbonyl (C=O) groups is 1. The molecule has 0 atom stereocenters. The first kappa shape index (κ1) is 21.0. The van der Waals surface area contributed by atoms with E-state index in [-0.39, 0.29) is 27.7 Å². The Morgan fingerprint density at radius 3 is 2.53 bits per heavy atom. The van der Waals surface area contributed by atoms with Crippen molar-refractivity contribution in [3.8, 4) is 5.69 Å². The van der Waals surface area contributed by atoms with Gasteiger partial charge in [0.25, 0.3) is 11.6 Å². The molecule has 0 spiro atoms. The van der Waals surface area contributed by atoms with E-state index >= 15 is 0 Å². The van der Waals surface area contributed by atoms with Crippen molar-refractivity contribution in [2.75, 3.05) is 5.32 Å². The summed E-state index contributed by atoms with van der Waals surface area (Å²) in [7, 11) is 0. The van der Waals surface area contributed by atoms with Gasteiger partial charge in [-0.2, -0.15) is 4.80 Å². The van der Waals surface area contributed by atoms with Crippen LogP contribution < -0.4 is 10.6 Å². The first-order valence-electron chi connectivity index (χ1n) is 9.31. The summed E-state index contributed by atoms with van der Waals surface area (Å²) >= 11 is 5.20. The molecule has 4 rings (SSSR count). The van der Waals surface area contributed by atoms with E-state index in [1.165, 1.54) is 42.1 Å². The SMILES string of the molecule is Cc1c(C(=O)NC(=S)Nc2ccc3nn(-c4ccc(F)cc4)nc3c2)cccc1[N+](=O)[O-]. The number of rotatable bonds is 4. The Bertz CT molecular complexity index is 1370. The number of amides is 1. The standard InChI is InChI=1S/C21H15FN6O3S/c1-12-16(3-2-4-19(12)28(30)31)20(29)24-21(32)23-14-7-10-17-18(11-14)26-27(25-17)15-8-5-13(22)6-9-15/h2-11H,1H3,(H2,23,24,29,32). The second kappa shape index (κ2) is 8.47. The van der Waals surface area contributed by atoms with Crippen LogP contribution in [0.25, 0.3) is 16.7 Å². The van der Waals surface area contributed by atoms with Gasteiger partial charge in [-0.15, -0.1) is 10.2 Å². The van der Waals surface area contributed by atoms with Gasteiger partial charge in [-0.05, 0) is 67.7 Å². The van der Waals surface area contributed by atoms with Crippen molar-refractivity contribution in [1.82, 2.24) is 20.3 Å². The number of hydrogen-bond donors (Lipinski definition) is 2. The molecule has 11 heteroatoms. The lowest BCUT2D eigenvalue weighted by molar-refractivity contribution is -0.385. The molecular formula is C21H15FN6O3S. The lowest BCUT2D eigenvalue weighted by Crippen LogP contribution is -2.34. The summed E-state index contributed by atoms with van der Waals surface area (Å²) in [4.78, 5) is 24.4. The maximum atomic E-state index is 13.1. The number of hydrogen-bond acceptors (Lipinski definition) is 6. The first-order chi connectivity index (χ1) is 15.3. The predicted octanol–water partition coefficient (Wildman–Crippen LogP) is 3.90. The molecule has 1 amide bonds. The molecule has 0 fully saturated rings. The summed E-state index contributed by atoms with van der Waals surface area (Å²) in [6.07, 6.45) is 0. The molecule has 0 saturated heterocycles. The van der Waals surface area contributed by atoms with E-state index in [4.69, 9.17) is 12.2 Å². The number of nitro benzene ring substituents is 1. The van der Waals surface area contributed by atoms with Crippen LogP contribution >= 0.6 is 12.2 Å². The van der Waals surface area contributed by atoms with Crippen molar-refractivity contribution < 1.29 is 14.1 Å². The maximum Gasteiger partial charge on any atom is 0.273 e. The van der Waals surface area contributed by atoms with Crippen molar-refractivity contribution in [2.24, 2.45) is 0 Å². The normalized spacial score (nSPS) is 10.7. The summed E-state index contributed by atoms with van der Waals surface area (Å²) < 4.78 is 13.1. The fourth-order valence-corrected chi connectivity index (χ4v) is 3.29. The van der Waals surface area contributed by atoms with Crippen LogP contribution in [0.15, 0.2) is 60.7 Å². The van der Waals surface area contributed by atoms with Gasteiger partial charge < -0.3 is 5.32 Å². The number of carbonyl (C=O) groups excluding carboxylic acids is 1. The number of anilines is 1. The number of halogens is 1. The van der Waals surface area contributed by atoms with Gasteiger partial charge in [-0.3, -0.25) is 20.2 Å². The van der Waals surface area contributed by atoms with Gasteiger partial charge in [0.1, 0.15) is 16.9 Å². The van der Waals surface area contributed by atoms with Crippen LogP contribution in [0.3, 0.4) is 0 Å². The molecule has 0 radical (unpaired) electrons. The molecule has 0 aliphatic carbocycles. The molecule has 4 aromatic rings. The highest BCUT2D eigenvalue weighted by atomic mass is 32.1. The highest BCUT2D eigenvalue weighted by Crippen LogP contribution is 2.21. The number of nitrogens with one attached hydrogen (secondary N) is 2. The van der Waals surface area contributed by atoms with Crippen molar-refractivity contribution in [3.05, 3.63) is 87.7 Å². The molecule has 1 aromatic heterocycles. The fourth-order valence-electron chi connectivity index (χ4n) is 3.08. The number of benzene rings is 3. The number of fused-ring (bicyclic) bond motifs is 1. The van der Waals surface area contributed by atoms with Crippen molar-refractivity contribution in [2.45, 2.75) is 6.92 Å². The predicted molar refractivity (Wildman–Crippen MR) is 120 cm³/mol. The van der Waals surface area contributed by atoms with Gasteiger partial charge in [0.15, 0.2) is 5.11 Å². The summed E-state index contributed by atoms with van der Waals surface area (Å²) in [5, 5.41) is 25.2. The molecule has 0 aliphatic heterocycles. The van der Waals surface area contributed by atoms with Gasteiger partial charge in [0.2, 0.25) is 0 Å². The largest absolute Gasteiger partial charge is 0.332 e. The molecule has 0 aliphatic rings. The van der Waals surface area contributed by atoms with E-state index < -0.39 is 10.8 Å². The van der Waals surface area contributed by atoms with Crippen molar-refractivity contribution >= 4 is 45.6 Å². The number of nitrogens with zero attached hydrogens (tertiary/aromatic N) is 4. The molecule has 9 nitrogen and oxygen atoms in total. The van der Waals surface area contributed by atoms with Crippen molar-refractivity contribution in [3.63, 3.8) is 0 Å². The number of thiocarbonyl (C=S) groups is 1. The minimum atomic E-state index is -0.563. The van der Waals surface area contributed by atoms with Crippen LogP contribution in [0, 0.1) is 22.9 Å². The zero-order chi connectivity index (χ0) is 22.8. The average molecular weight is 450 g/mol. The van der Waals surface area contributed by atoms with Crippen LogP contribution in [0.2, 0.25) is 0 Å². The van der Waals surface area contributed by atoms with E-state index in [2.05, 4.69) is 20.8 Å². The van der Waals surface area contributed by atoms with Gasteiger partial charge in [0.05, 0.1) is 10.6 Å². The van der Waals surface area contributed by atoms with E-state index in [9.17, 15) is 19.3 Å². The molecule has 2 N–H and O–H groups in total. The molecule has 0 saturated carbocycles. The maximum absolute atomic E-state index is 13.1. The summed E-state index contributed by atoms with van der Waals surface area (Å²) in [5.41, 5.74) is 2.59. The van der Waals surface area contributed by atoms with Gasteiger partial charge >= 0.3 is 0 Å². The molecule has 0 bridgehead atoms. The van der Waals surface area contributed by atoms with Crippen LogP contribution in [-0.4, -0.2) is 30.9 Å². The monoisotopic (exact) mass is 450 g/mol. The third-order valence-corrected chi connectivity index (χ3v) is 4.87. The lowest BCUT2D eigenvalue weighted by Gasteiger charge is -2.11. The smallest absolute Gasteiger partial charge is 0.273 e. The molecule has 0 unspecified atom stereocenters. The number of nitro groups is 1. The van der Waals surface area contributed by atoms with E-state index in [1.807, 2.05) is 0 Å². The Morgan fingerprint density at radius 1 is 1.09 bits per heavy atom. The number of aromatic nitrogens is 3. The van der Waals surface area contributed by atoms with Crippen LogP contribution in [-0.2, 0) is 0 Å². The van der Waals surface area contributed by atoms with Crippen LogP contribution in [0.5, 0.6) is 0 Å². The second-order valence-electron chi connectivity index (χ2n) is 6.78. The topological polar surface area (TPSA) is 115 Å². The molecule has 3 aromatic carbocycles. The van der Waals surface area contributed by atoms with Gasteiger partial charge in [0, 0.05) is 22.9 Å². The third-order valence-electron chi connectivity index (χ3n) is 4.67.